The van der Waals surface area contributed by atoms with Crippen LogP contribution < -0.4 is 10.2 Å². The number of carbonyl (C=O) groups is 2. The first-order valence-corrected chi connectivity index (χ1v) is 5.45. The van der Waals surface area contributed by atoms with E-state index < -0.39 is 12.0 Å². The van der Waals surface area contributed by atoms with Crippen LogP contribution in [0.25, 0.3) is 0 Å². The van der Waals surface area contributed by atoms with Gasteiger partial charge in [0, 0.05) is 13.5 Å². The van der Waals surface area contributed by atoms with Crippen LogP contribution in [0.3, 0.4) is 0 Å². The molecule has 0 fully saturated rings. The summed E-state index contributed by atoms with van der Waals surface area (Å²) in [7, 11) is 0. The second kappa shape index (κ2) is 4.55. The van der Waals surface area contributed by atoms with Gasteiger partial charge in [0.15, 0.2) is 0 Å². The molecule has 2 rings (SSSR count). The smallest absolute Gasteiger partial charge is 0.418 e. The number of fused-ring (bicyclic) bond motifs is 1. The standard InChI is InChI=1S/C12H14N2O3/c1-8(15)14(12(16)17)11-3-2-9-4-5-13-7-10(9)6-11/h2-3,6,13H,4-5,7H2,1H3,(H,16,17). The Balaban J connectivity index is 2.38. The van der Waals surface area contributed by atoms with Gasteiger partial charge in [-0.1, -0.05) is 6.07 Å². The number of anilines is 1. The van der Waals surface area contributed by atoms with Crippen LogP contribution in [0, 0.1) is 0 Å². The first kappa shape index (κ1) is 11.6. The van der Waals surface area contributed by atoms with E-state index in [4.69, 9.17) is 5.11 Å². The van der Waals surface area contributed by atoms with Gasteiger partial charge in [0.2, 0.25) is 5.91 Å². The largest absolute Gasteiger partial charge is 0.464 e. The fourth-order valence-electron chi connectivity index (χ4n) is 2.03. The van der Waals surface area contributed by atoms with Gasteiger partial charge >= 0.3 is 6.09 Å². The van der Waals surface area contributed by atoms with Crippen LogP contribution in [0.4, 0.5) is 10.5 Å². The highest BCUT2D eigenvalue weighted by Crippen LogP contribution is 2.22. The first-order valence-electron chi connectivity index (χ1n) is 5.45. The van der Waals surface area contributed by atoms with Crippen molar-refractivity contribution in [2.24, 2.45) is 0 Å². The highest BCUT2D eigenvalue weighted by Gasteiger charge is 2.20. The number of imide groups is 1. The SMILES string of the molecule is CC(=O)N(C(=O)O)c1ccc2c(c1)CNCC2. The van der Waals surface area contributed by atoms with Crippen molar-refractivity contribution < 1.29 is 14.7 Å². The lowest BCUT2D eigenvalue weighted by atomic mass is 10.0. The molecule has 0 aliphatic carbocycles. The van der Waals surface area contributed by atoms with Gasteiger partial charge in [-0.05, 0) is 36.2 Å². The predicted octanol–water partition coefficient (Wildman–Crippen LogP) is 1.36. The first-order chi connectivity index (χ1) is 8.09. The normalized spacial score (nSPS) is 13.9. The van der Waals surface area contributed by atoms with Crippen molar-refractivity contribution in [2.45, 2.75) is 19.9 Å². The van der Waals surface area contributed by atoms with Crippen LogP contribution in [-0.4, -0.2) is 23.7 Å². The minimum atomic E-state index is -1.25. The molecule has 1 aromatic carbocycles. The number of benzene rings is 1. The van der Waals surface area contributed by atoms with Gasteiger partial charge < -0.3 is 10.4 Å². The summed E-state index contributed by atoms with van der Waals surface area (Å²) < 4.78 is 0. The Hall–Kier alpha value is -1.88. The molecule has 1 heterocycles. The number of amides is 2. The number of nitrogens with zero attached hydrogens (tertiary/aromatic N) is 1. The van der Waals surface area contributed by atoms with Crippen LogP contribution >= 0.6 is 0 Å². The number of hydrogen-bond acceptors (Lipinski definition) is 3. The summed E-state index contributed by atoms with van der Waals surface area (Å²) in [5.41, 5.74) is 2.68. The van der Waals surface area contributed by atoms with Gasteiger partial charge in [0.25, 0.3) is 0 Å². The molecule has 90 valence electrons. The summed E-state index contributed by atoms with van der Waals surface area (Å²) in [6.07, 6.45) is -0.316. The molecule has 0 atom stereocenters. The molecule has 0 saturated heterocycles. The van der Waals surface area contributed by atoms with E-state index in [-0.39, 0.29) is 0 Å². The Labute approximate surface area is 99.0 Å². The van der Waals surface area contributed by atoms with E-state index in [1.807, 2.05) is 6.07 Å². The Morgan fingerprint density at radius 2 is 2.12 bits per heavy atom. The molecule has 2 N–H and O–H groups in total. The number of nitrogens with one attached hydrogen (secondary N) is 1. The second-order valence-corrected chi connectivity index (χ2v) is 4.02. The molecule has 0 aromatic heterocycles. The Morgan fingerprint density at radius 3 is 2.76 bits per heavy atom. The number of rotatable bonds is 1. The van der Waals surface area contributed by atoms with E-state index in [1.54, 1.807) is 12.1 Å². The third-order valence-electron chi connectivity index (χ3n) is 2.84. The van der Waals surface area contributed by atoms with Gasteiger partial charge in [-0.15, -0.1) is 0 Å². The summed E-state index contributed by atoms with van der Waals surface area (Å²) in [6.45, 7) is 2.89. The van der Waals surface area contributed by atoms with Crippen molar-refractivity contribution in [3.63, 3.8) is 0 Å². The molecule has 1 aliphatic rings. The molecule has 5 nitrogen and oxygen atoms in total. The Morgan fingerprint density at radius 1 is 1.35 bits per heavy atom. The lowest BCUT2D eigenvalue weighted by molar-refractivity contribution is -0.116. The molecular formula is C12H14N2O3. The summed E-state index contributed by atoms with van der Waals surface area (Å²) in [6, 6.07) is 5.33. The molecular weight excluding hydrogens is 220 g/mol. The quantitative estimate of drug-likeness (QED) is 0.769. The summed E-state index contributed by atoms with van der Waals surface area (Å²) in [4.78, 5) is 23.0. The van der Waals surface area contributed by atoms with Gasteiger partial charge in [-0.25, -0.2) is 9.69 Å². The van der Waals surface area contributed by atoms with E-state index in [9.17, 15) is 9.59 Å². The number of carboxylic acid groups (broad SMARTS) is 1. The fourth-order valence-corrected chi connectivity index (χ4v) is 2.03. The predicted molar refractivity (Wildman–Crippen MR) is 63.0 cm³/mol. The van der Waals surface area contributed by atoms with Gasteiger partial charge in [0.1, 0.15) is 0 Å². The van der Waals surface area contributed by atoms with E-state index in [0.29, 0.717) is 12.2 Å². The molecule has 1 aliphatic heterocycles. The average Bonchev–Trinajstić information content (AvgIpc) is 2.28. The van der Waals surface area contributed by atoms with E-state index in [1.165, 1.54) is 12.5 Å². The van der Waals surface area contributed by atoms with Gasteiger partial charge in [0.05, 0.1) is 5.69 Å². The van der Waals surface area contributed by atoms with Crippen molar-refractivity contribution >= 4 is 17.7 Å². The zero-order chi connectivity index (χ0) is 12.4. The van der Waals surface area contributed by atoms with Crippen molar-refractivity contribution in [1.29, 1.82) is 0 Å². The van der Waals surface area contributed by atoms with Crippen molar-refractivity contribution in [3.05, 3.63) is 29.3 Å². The third kappa shape index (κ3) is 2.29. The average molecular weight is 234 g/mol. The molecule has 5 heteroatoms. The highest BCUT2D eigenvalue weighted by atomic mass is 16.4. The maximum absolute atomic E-state index is 11.3. The zero-order valence-electron chi connectivity index (χ0n) is 9.56. The summed E-state index contributed by atoms with van der Waals surface area (Å²) >= 11 is 0. The molecule has 0 radical (unpaired) electrons. The van der Waals surface area contributed by atoms with Crippen LogP contribution in [0.2, 0.25) is 0 Å². The summed E-state index contributed by atoms with van der Waals surface area (Å²) in [5, 5.41) is 12.2. The van der Waals surface area contributed by atoms with Crippen LogP contribution in [0.1, 0.15) is 18.1 Å². The van der Waals surface area contributed by atoms with Gasteiger partial charge in [-0.3, -0.25) is 4.79 Å². The van der Waals surface area contributed by atoms with E-state index in [0.717, 1.165) is 23.4 Å². The van der Waals surface area contributed by atoms with Crippen molar-refractivity contribution in [1.82, 2.24) is 5.32 Å². The van der Waals surface area contributed by atoms with Gasteiger partial charge in [-0.2, -0.15) is 0 Å². The molecule has 0 unspecified atom stereocenters. The number of hydrogen-bond donors (Lipinski definition) is 2. The zero-order valence-corrected chi connectivity index (χ0v) is 9.56. The molecule has 17 heavy (non-hydrogen) atoms. The molecule has 0 bridgehead atoms. The number of carbonyl (C=O) groups excluding carboxylic acids is 1. The minimum Gasteiger partial charge on any atom is -0.464 e. The third-order valence-corrected chi connectivity index (χ3v) is 2.84. The lowest BCUT2D eigenvalue weighted by Gasteiger charge is -2.21. The van der Waals surface area contributed by atoms with Crippen LogP contribution in [-0.2, 0) is 17.8 Å². The van der Waals surface area contributed by atoms with Crippen LogP contribution in [0.5, 0.6) is 0 Å². The topological polar surface area (TPSA) is 69.6 Å². The Kier molecular flexibility index (Phi) is 3.10. The van der Waals surface area contributed by atoms with Crippen LogP contribution in [0.15, 0.2) is 18.2 Å². The second-order valence-electron chi connectivity index (χ2n) is 4.02. The monoisotopic (exact) mass is 234 g/mol. The minimum absolute atomic E-state index is 0.410. The fraction of sp³-hybridized carbons (Fsp3) is 0.333. The summed E-state index contributed by atoms with van der Waals surface area (Å²) in [5.74, 6) is -0.499. The molecule has 0 saturated carbocycles. The highest BCUT2D eigenvalue weighted by molar-refractivity contribution is 6.10. The molecule has 2 amide bonds. The maximum atomic E-state index is 11.3. The Bertz CT molecular complexity index is 457. The van der Waals surface area contributed by atoms with E-state index in [2.05, 4.69) is 5.32 Å². The maximum Gasteiger partial charge on any atom is 0.418 e. The van der Waals surface area contributed by atoms with Crippen molar-refractivity contribution in [2.75, 3.05) is 11.4 Å². The lowest BCUT2D eigenvalue weighted by Crippen LogP contribution is -2.34. The molecule has 0 spiro atoms. The molecule has 1 aromatic rings. The van der Waals surface area contributed by atoms with Crippen molar-refractivity contribution in [3.8, 4) is 0 Å². The van der Waals surface area contributed by atoms with E-state index >= 15 is 0 Å².